The number of aromatic nitrogens is 2. The van der Waals surface area contributed by atoms with Gasteiger partial charge in [-0.2, -0.15) is 0 Å². The van der Waals surface area contributed by atoms with Crippen LogP contribution in [0.4, 0.5) is 0 Å². The maximum absolute atomic E-state index is 6.11. The van der Waals surface area contributed by atoms with Crippen LogP contribution in [0.2, 0.25) is 0 Å². The zero-order valence-corrected chi connectivity index (χ0v) is 9.77. The lowest BCUT2D eigenvalue weighted by molar-refractivity contribution is -0.00341. The molecule has 1 aromatic heterocycles. The number of ether oxygens (including phenoxy) is 1. The average Bonchev–Trinajstić information content (AvgIpc) is 2.18. The molecular formula is C11H19N3O. The number of methoxy groups -OCH3 is 1. The molecule has 0 aliphatic rings. The van der Waals surface area contributed by atoms with E-state index in [1.165, 1.54) is 0 Å². The highest BCUT2D eigenvalue weighted by molar-refractivity contribution is 5.05. The van der Waals surface area contributed by atoms with Crippen molar-refractivity contribution in [3.63, 3.8) is 0 Å². The second-order valence-corrected chi connectivity index (χ2v) is 4.68. The van der Waals surface area contributed by atoms with Crippen molar-refractivity contribution in [2.24, 2.45) is 11.1 Å². The lowest BCUT2D eigenvalue weighted by Gasteiger charge is -2.33. The van der Waals surface area contributed by atoms with E-state index < -0.39 is 0 Å². The Morgan fingerprint density at radius 3 is 2.40 bits per heavy atom. The Labute approximate surface area is 90.9 Å². The summed E-state index contributed by atoms with van der Waals surface area (Å²) < 4.78 is 5.44. The minimum atomic E-state index is -0.247. The highest BCUT2D eigenvalue weighted by atomic mass is 16.5. The predicted molar refractivity (Wildman–Crippen MR) is 59.2 cm³/mol. The summed E-state index contributed by atoms with van der Waals surface area (Å²) in [5.74, 6) is 0. The fourth-order valence-electron chi connectivity index (χ4n) is 1.68. The summed E-state index contributed by atoms with van der Waals surface area (Å²) >= 11 is 0. The first kappa shape index (κ1) is 12.1. The van der Waals surface area contributed by atoms with Gasteiger partial charge >= 0.3 is 0 Å². The lowest BCUT2D eigenvalue weighted by Crippen LogP contribution is -2.39. The van der Waals surface area contributed by atoms with E-state index >= 15 is 0 Å². The number of nitrogens with two attached hydrogens (primary N) is 1. The molecule has 4 heteroatoms. The molecular weight excluding hydrogens is 190 g/mol. The van der Waals surface area contributed by atoms with E-state index in [4.69, 9.17) is 10.5 Å². The Bertz CT molecular complexity index is 294. The van der Waals surface area contributed by atoms with Gasteiger partial charge in [-0.25, -0.2) is 0 Å². The third kappa shape index (κ3) is 2.97. The Balaban J connectivity index is 2.88. The average molecular weight is 209 g/mol. The third-order valence-corrected chi connectivity index (χ3v) is 2.36. The molecule has 0 saturated carbocycles. The molecule has 0 radical (unpaired) electrons. The van der Waals surface area contributed by atoms with E-state index in [9.17, 15) is 0 Å². The van der Waals surface area contributed by atoms with E-state index in [1.54, 1.807) is 25.7 Å². The van der Waals surface area contributed by atoms with Gasteiger partial charge in [-0.05, 0) is 5.41 Å². The maximum Gasteiger partial charge on any atom is 0.0827 e. The van der Waals surface area contributed by atoms with Gasteiger partial charge in [0, 0.05) is 19.5 Å². The van der Waals surface area contributed by atoms with Crippen molar-refractivity contribution >= 4 is 0 Å². The monoisotopic (exact) mass is 209 g/mol. The molecule has 0 fully saturated rings. The minimum absolute atomic E-state index is 0.0221. The molecule has 0 spiro atoms. The van der Waals surface area contributed by atoms with Crippen LogP contribution in [-0.2, 0) is 4.74 Å². The minimum Gasteiger partial charge on any atom is -0.379 e. The van der Waals surface area contributed by atoms with E-state index in [1.807, 2.05) is 0 Å². The molecule has 4 nitrogen and oxygen atoms in total. The van der Waals surface area contributed by atoms with E-state index in [2.05, 4.69) is 30.7 Å². The molecule has 15 heavy (non-hydrogen) atoms. The first-order chi connectivity index (χ1) is 6.96. The van der Waals surface area contributed by atoms with Crippen molar-refractivity contribution in [2.75, 3.05) is 7.11 Å². The Hall–Kier alpha value is -1.00. The third-order valence-electron chi connectivity index (χ3n) is 2.36. The topological polar surface area (TPSA) is 61.0 Å². The van der Waals surface area contributed by atoms with Gasteiger partial charge in [0.2, 0.25) is 0 Å². The predicted octanol–water partition coefficient (Wildman–Crippen LogP) is 1.54. The zero-order chi connectivity index (χ0) is 11.5. The molecule has 0 amide bonds. The van der Waals surface area contributed by atoms with Crippen LogP contribution in [0.3, 0.4) is 0 Å². The quantitative estimate of drug-likeness (QED) is 0.820. The fraction of sp³-hybridized carbons (Fsp3) is 0.636. The Morgan fingerprint density at radius 2 is 2.00 bits per heavy atom. The van der Waals surface area contributed by atoms with Crippen LogP contribution in [0.15, 0.2) is 18.6 Å². The van der Waals surface area contributed by atoms with Crippen LogP contribution in [0.25, 0.3) is 0 Å². The molecule has 84 valence electrons. The summed E-state index contributed by atoms with van der Waals surface area (Å²) in [5.41, 5.74) is 6.85. The SMILES string of the molecule is COC(C(N)c1cnccn1)C(C)(C)C. The number of nitrogens with zero attached hydrogens (tertiary/aromatic N) is 2. The highest BCUT2D eigenvalue weighted by Crippen LogP contribution is 2.29. The molecule has 0 bridgehead atoms. The van der Waals surface area contributed by atoms with Gasteiger partial charge in [-0.3, -0.25) is 9.97 Å². The lowest BCUT2D eigenvalue weighted by atomic mass is 9.84. The highest BCUT2D eigenvalue weighted by Gasteiger charge is 2.31. The van der Waals surface area contributed by atoms with Crippen LogP contribution >= 0.6 is 0 Å². The van der Waals surface area contributed by atoms with Gasteiger partial charge in [-0.15, -0.1) is 0 Å². The summed E-state index contributed by atoms with van der Waals surface area (Å²) in [7, 11) is 1.67. The smallest absolute Gasteiger partial charge is 0.0827 e. The molecule has 0 aliphatic carbocycles. The maximum atomic E-state index is 6.11. The standard InChI is InChI=1S/C11H19N3O/c1-11(2,3)10(15-4)9(12)8-7-13-5-6-14-8/h5-7,9-10H,12H2,1-4H3. The largest absolute Gasteiger partial charge is 0.379 e. The van der Waals surface area contributed by atoms with Crippen LogP contribution in [0.5, 0.6) is 0 Å². The molecule has 0 aliphatic heterocycles. The number of rotatable bonds is 3. The second-order valence-electron chi connectivity index (χ2n) is 4.68. The van der Waals surface area contributed by atoms with Gasteiger partial charge in [0.1, 0.15) is 0 Å². The molecule has 1 aromatic rings. The summed E-state index contributed by atoms with van der Waals surface area (Å²) in [6.07, 6.45) is 4.89. The van der Waals surface area contributed by atoms with Crippen LogP contribution in [0.1, 0.15) is 32.5 Å². The molecule has 0 saturated heterocycles. The van der Waals surface area contributed by atoms with E-state index in [0.29, 0.717) is 0 Å². The normalized spacial score (nSPS) is 16.1. The summed E-state index contributed by atoms with van der Waals surface area (Å²) in [6, 6.07) is -0.247. The van der Waals surface area contributed by atoms with Crippen molar-refractivity contribution in [2.45, 2.75) is 32.9 Å². The molecule has 1 heterocycles. The Morgan fingerprint density at radius 1 is 1.33 bits per heavy atom. The van der Waals surface area contributed by atoms with Crippen molar-refractivity contribution in [1.82, 2.24) is 9.97 Å². The van der Waals surface area contributed by atoms with E-state index in [-0.39, 0.29) is 17.6 Å². The van der Waals surface area contributed by atoms with Gasteiger partial charge in [-0.1, -0.05) is 20.8 Å². The summed E-state index contributed by atoms with van der Waals surface area (Å²) in [5, 5.41) is 0. The van der Waals surface area contributed by atoms with E-state index in [0.717, 1.165) is 5.69 Å². The van der Waals surface area contributed by atoms with Gasteiger partial charge in [0.05, 0.1) is 24.0 Å². The molecule has 1 rings (SSSR count). The molecule has 2 unspecified atom stereocenters. The summed E-state index contributed by atoms with van der Waals surface area (Å²) in [6.45, 7) is 6.28. The van der Waals surface area contributed by atoms with Crippen molar-refractivity contribution in [3.05, 3.63) is 24.3 Å². The van der Waals surface area contributed by atoms with Crippen molar-refractivity contribution in [1.29, 1.82) is 0 Å². The second kappa shape index (κ2) is 4.68. The number of hydrogen-bond acceptors (Lipinski definition) is 4. The van der Waals surface area contributed by atoms with Crippen LogP contribution in [-0.4, -0.2) is 23.2 Å². The molecule has 2 N–H and O–H groups in total. The molecule has 0 aromatic carbocycles. The first-order valence-electron chi connectivity index (χ1n) is 5.01. The van der Waals surface area contributed by atoms with Crippen LogP contribution in [0, 0.1) is 5.41 Å². The summed E-state index contributed by atoms with van der Waals surface area (Å²) in [4.78, 5) is 8.20. The van der Waals surface area contributed by atoms with Crippen LogP contribution < -0.4 is 5.73 Å². The molecule has 2 atom stereocenters. The van der Waals surface area contributed by atoms with Gasteiger partial charge in [0.15, 0.2) is 0 Å². The number of hydrogen-bond donors (Lipinski definition) is 1. The van der Waals surface area contributed by atoms with Gasteiger partial charge in [0.25, 0.3) is 0 Å². The fourth-order valence-corrected chi connectivity index (χ4v) is 1.68. The zero-order valence-electron chi connectivity index (χ0n) is 9.77. The van der Waals surface area contributed by atoms with Crippen molar-refractivity contribution in [3.8, 4) is 0 Å². The first-order valence-corrected chi connectivity index (χ1v) is 5.01. The van der Waals surface area contributed by atoms with Gasteiger partial charge < -0.3 is 10.5 Å². The Kier molecular flexibility index (Phi) is 3.77. The van der Waals surface area contributed by atoms with Crippen molar-refractivity contribution < 1.29 is 4.74 Å².